The molecule has 1 aromatic rings. The zero-order valence-electron chi connectivity index (χ0n) is 12.0. The van der Waals surface area contributed by atoms with Crippen molar-refractivity contribution in [3.8, 4) is 0 Å². The van der Waals surface area contributed by atoms with Gasteiger partial charge in [-0.15, -0.1) is 10.2 Å². The van der Waals surface area contributed by atoms with Gasteiger partial charge < -0.3 is 9.30 Å². The van der Waals surface area contributed by atoms with Crippen molar-refractivity contribution >= 4 is 0 Å². The molecule has 1 aliphatic carbocycles. The van der Waals surface area contributed by atoms with Gasteiger partial charge in [-0.25, -0.2) is 0 Å². The van der Waals surface area contributed by atoms with Crippen LogP contribution in [0.1, 0.15) is 37.8 Å². The lowest BCUT2D eigenvalue weighted by Crippen LogP contribution is -2.40. The minimum Gasteiger partial charge on any atom is -0.377 e. The van der Waals surface area contributed by atoms with E-state index in [-0.39, 0.29) is 0 Å². The third-order valence-electron chi connectivity index (χ3n) is 4.61. The van der Waals surface area contributed by atoms with Gasteiger partial charge in [0.1, 0.15) is 12.4 Å². The molecule has 0 aromatic carbocycles. The summed E-state index contributed by atoms with van der Waals surface area (Å²) >= 11 is 0. The third kappa shape index (κ3) is 2.67. The van der Waals surface area contributed by atoms with Gasteiger partial charge in [0.2, 0.25) is 0 Å². The van der Waals surface area contributed by atoms with Gasteiger partial charge in [-0.3, -0.25) is 4.90 Å². The first-order valence-corrected chi connectivity index (χ1v) is 7.42. The zero-order chi connectivity index (χ0) is 13.2. The summed E-state index contributed by atoms with van der Waals surface area (Å²) < 4.78 is 7.45. The number of rotatable bonds is 4. The molecule has 1 atom stereocenters. The Kier molecular flexibility index (Phi) is 3.84. The first kappa shape index (κ1) is 13.1. The van der Waals surface area contributed by atoms with E-state index in [0.717, 1.165) is 37.1 Å². The van der Waals surface area contributed by atoms with Crippen LogP contribution in [0.5, 0.6) is 0 Å². The first-order chi connectivity index (χ1) is 9.28. The van der Waals surface area contributed by atoms with Crippen LogP contribution in [0.4, 0.5) is 0 Å². The largest absolute Gasteiger partial charge is 0.377 e. The Hall–Kier alpha value is -0.940. The van der Waals surface area contributed by atoms with Gasteiger partial charge in [0.25, 0.3) is 0 Å². The molecule has 0 radical (unpaired) electrons. The molecule has 3 rings (SSSR count). The maximum Gasteiger partial charge on any atom is 0.159 e. The summed E-state index contributed by atoms with van der Waals surface area (Å²) in [6.07, 6.45) is 5.27. The summed E-state index contributed by atoms with van der Waals surface area (Å²) in [5, 5.41) is 8.59. The Bertz CT molecular complexity index is 427. The summed E-state index contributed by atoms with van der Waals surface area (Å²) in [7, 11) is 1.71. The minimum atomic E-state index is 0.560. The van der Waals surface area contributed by atoms with E-state index >= 15 is 0 Å². The maximum absolute atomic E-state index is 5.20. The first-order valence-electron chi connectivity index (χ1n) is 7.42. The summed E-state index contributed by atoms with van der Waals surface area (Å²) in [6.45, 7) is 6.25. The van der Waals surface area contributed by atoms with Crippen molar-refractivity contribution in [1.82, 2.24) is 19.7 Å². The molecular formula is C14H24N4O. The van der Waals surface area contributed by atoms with Gasteiger partial charge in [-0.1, -0.05) is 6.42 Å². The minimum absolute atomic E-state index is 0.560. The molecule has 1 aromatic heterocycles. The number of nitrogens with zero attached hydrogens (tertiary/aromatic N) is 4. The number of fused-ring (bicyclic) bond motifs is 1. The summed E-state index contributed by atoms with van der Waals surface area (Å²) in [4.78, 5) is 2.63. The van der Waals surface area contributed by atoms with Crippen LogP contribution in [0.3, 0.4) is 0 Å². The fourth-order valence-electron chi connectivity index (χ4n) is 3.14. The Morgan fingerprint density at radius 2 is 2.11 bits per heavy atom. The van der Waals surface area contributed by atoms with Crippen molar-refractivity contribution in [2.24, 2.45) is 5.92 Å². The monoisotopic (exact) mass is 264 g/mol. The Labute approximate surface area is 114 Å². The molecular weight excluding hydrogens is 240 g/mol. The van der Waals surface area contributed by atoms with Crippen LogP contribution >= 0.6 is 0 Å². The molecule has 5 heteroatoms. The summed E-state index contributed by atoms with van der Waals surface area (Å²) in [5.41, 5.74) is 0. The smallest absolute Gasteiger partial charge is 0.159 e. The molecule has 5 nitrogen and oxygen atoms in total. The molecule has 0 saturated heterocycles. The second-order valence-corrected chi connectivity index (χ2v) is 5.96. The third-order valence-corrected chi connectivity index (χ3v) is 4.61. The fourth-order valence-corrected chi connectivity index (χ4v) is 3.14. The lowest BCUT2D eigenvalue weighted by atomic mass is 9.85. The normalized spacial score (nSPS) is 24.8. The second-order valence-electron chi connectivity index (χ2n) is 5.96. The molecule has 0 spiro atoms. The molecule has 1 aliphatic heterocycles. The Balaban J connectivity index is 1.69. The average molecular weight is 264 g/mol. The molecule has 1 unspecified atom stereocenters. The van der Waals surface area contributed by atoms with Crippen LogP contribution in [0.15, 0.2) is 0 Å². The van der Waals surface area contributed by atoms with Crippen LogP contribution in [0.2, 0.25) is 0 Å². The van der Waals surface area contributed by atoms with E-state index < -0.39 is 0 Å². The SMILES string of the molecule is COCc1nnc2n1CCN(CC1CCC1)C(C)C2. The van der Waals surface area contributed by atoms with E-state index in [1.807, 2.05) is 0 Å². The highest BCUT2D eigenvalue weighted by atomic mass is 16.5. The molecule has 0 N–H and O–H groups in total. The second kappa shape index (κ2) is 5.59. The van der Waals surface area contributed by atoms with Crippen molar-refractivity contribution < 1.29 is 4.74 Å². The van der Waals surface area contributed by atoms with Gasteiger partial charge in [0.05, 0.1) is 0 Å². The number of ether oxygens (including phenoxy) is 1. The molecule has 0 bridgehead atoms. The van der Waals surface area contributed by atoms with Gasteiger partial charge in [-0.05, 0) is 25.7 Å². The molecule has 1 fully saturated rings. The molecule has 106 valence electrons. The van der Waals surface area contributed by atoms with Crippen molar-refractivity contribution in [1.29, 1.82) is 0 Å². The van der Waals surface area contributed by atoms with Gasteiger partial charge in [0, 0.05) is 39.2 Å². The maximum atomic E-state index is 5.20. The van der Waals surface area contributed by atoms with Crippen molar-refractivity contribution in [2.45, 2.75) is 51.8 Å². The number of hydrogen-bond acceptors (Lipinski definition) is 4. The van der Waals surface area contributed by atoms with Gasteiger partial charge >= 0.3 is 0 Å². The molecule has 19 heavy (non-hydrogen) atoms. The quantitative estimate of drug-likeness (QED) is 0.826. The van der Waals surface area contributed by atoms with E-state index in [1.165, 1.54) is 25.8 Å². The number of hydrogen-bond donors (Lipinski definition) is 0. The molecule has 2 heterocycles. The van der Waals surface area contributed by atoms with Crippen LogP contribution < -0.4 is 0 Å². The average Bonchev–Trinajstić information content (AvgIpc) is 2.63. The van der Waals surface area contributed by atoms with Crippen molar-refractivity contribution in [3.63, 3.8) is 0 Å². The molecule has 2 aliphatic rings. The predicted octanol–water partition coefficient (Wildman–Crippen LogP) is 1.47. The van der Waals surface area contributed by atoms with E-state index in [1.54, 1.807) is 7.11 Å². The fraction of sp³-hybridized carbons (Fsp3) is 0.857. The molecule has 1 saturated carbocycles. The van der Waals surface area contributed by atoms with Crippen molar-refractivity contribution in [3.05, 3.63) is 11.6 Å². The lowest BCUT2D eigenvalue weighted by Gasteiger charge is -2.34. The highest BCUT2D eigenvalue weighted by Gasteiger charge is 2.27. The topological polar surface area (TPSA) is 43.2 Å². The van der Waals surface area contributed by atoms with Crippen LogP contribution in [-0.2, 0) is 24.3 Å². The highest BCUT2D eigenvalue weighted by Crippen LogP contribution is 2.28. The van der Waals surface area contributed by atoms with Crippen molar-refractivity contribution in [2.75, 3.05) is 20.2 Å². The van der Waals surface area contributed by atoms with E-state index in [2.05, 4.69) is 26.6 Å². The Morgan fingerprint density at radius 3 is 2.79 bits per heavy atom. The zero-order valence-corrected chi connectivity index (χ0v) is 12.0. The van der Waals surface area contributed by atoms with Gasteiger partial charge in [-0.2, -0.15) is 0 Å². The van der Waals surface area contributed by atoms with E-state index in [4.69, 9.17) is 4.74 Å². The molecule has 0 amide bonds. The lowest BCUT2D eigenvalue weighted by molar-refractivity contribution is 0.139. The van der Waals surface area contributed by atoms with E-state index in [0.29, 0.717) is 12.6 Å². The summed E-state index contributed by atoms with van der Waals surface area (Å²) in [6, 6.07) is 0.571. The van der Waals surface area contributed by atoms with Crippen LogP contribution in [-0.4, -0.2) is 45.9 Å². The summed E-state index contributed by atoms with van der Waals surface area (Å²) in [5.74, 6) is 3.02. The van der Waals surface area contributed by atoms with Gasteiger partial charge in [0.15, 0.2) is 5.82 Å². The predicted molar refractivity (Wildman–Crippen MR) is 72.8 cm³/mol. The number of aromatic nitrogens is 3. The van der Waals surface area contributed by atoms with E-state index in [9.17, 15) is 0 Å². The number of methoxy groups -OCH3 is 1. The Morgan fingerprint density at radius 1 is 1.26 bits per heavy atom. The van der Waals surface area contributed by atoms with Crippen LogP contribution in [0, 0.1) is 5.92 Å². The highest BCUT2D eigenvalue weighted by molar-refractivity contribution is 5.00. The van der Waals surface area contributed by atoms with Crippen LogP contribution in [0.25, 0.3) is 0 Å². The standard InChI is InChI=1S/C14H24N4O/c1-11-8-13-15-16-14(10-19-2)18(13)7-6-17(11)9-12-4-3-5-12/h11-12H,3-10H2,1-2H3.